The smallest absolute Gasteiger partial charge is 0.341 e. The number of methoxy groups -OCH3 is 2. The van der Waals surface area contributed by atoms with E-state index in [-0.39, 0.29) is 17.5 Å². The van der Waals surface area contributed by atoms with Gasteiger partial charge in [-0.2, -0.15) is 0 Å². The number of carboxylic acids is 1. The Kier molecular flexibility index (Phi) is 8.04. The SMILES string of the molecule is COCCCOc1cc2c(cc1-c1csc(-c3ccc(OC)cc3)n1)-c1cc(=O)c(C(=O)O)cn1C(C(C)C)C2. The molecule has 1 unspecified atom stereocenters. The molecule has 2 aromatic carbocycles. The first kappa shape index (κ1) is 27.6. The van der Waals surface area contributed by atoms with Crippen molar-refractivity contribution < 1.29 is 24.1 Å². The molecule has 208 valence electrons. The Morgan fingerprint density at radius 2 is 1.90 bits per heavy atom. The van der Waals surface area contributed by atoms with Crippen molar-refractivity contribution in [3.8, 4) is 44.6 Å². The van der Waals surface area contributed by atoms with Gasteiger partial charge in [0.05, 0.1) is 25.1 Å². The molecule has 9 heteroatoms. The first-order valence-corrected chi connectivity index (χ1v) is 14.1. The highest BCUT2D eigenvalue weighted by Crippen LogP contribution is 2.44. The predicted molar refractivity (Wildman–Crippen MR) is 156 cm³/mol. The van der Waals surface area contributed by atoms with E-state index in [1.54, 1.807) is 14.2 Å². The molecule has 0 fully saturated rings. The van der Waals surface area contributed by atoms with Gasteiger partial charge in [0.25, 0.3) is 0 Å². The van der Waals surface area contributed by atoms with Crippen LogP contribution in [0.1, 0.15) is 42.2 Å². The number of hydrogen-bond donors (Lipinski definition) is 1. The first-order chi connectivity index (χ1) is 19.3. The summed E-state index contributed by atoms with van der Waals surface area (Å²) in [4.78, 5) is 29.5. The lowest BCUT2D eigenvalue weighted by Gasteiger charge is -2.34. The maximum Gasteiger partial charge on any atom is 0.341 e. The topological polar surface area (TPSA) is 99.9 Å². The molecular formula is C31H32N2O6S. The van der Waals surface area contributed by atoms with Crippen molar-refractivity contribution in [2.75, 3.05) is 27.4 Å². The van der Waals surface area contributed by atoms with Crippen LogP contribution in [0.5, 0.6) is 11.5 Å². The van der Waals surface area contributed by atoms with E-state index in [0.717, 1.165) is 50.9 Å². The number of aromatic carboxylic acids is 1. The zero-order chi connectivity index (χ0) is 28.4. The highest BCUT2D eigenvalue weighted by atomic mass is 32.1. The van der Waals surface area contributed by atoms with Gasteiger partial charge in [-0.15, -0.1) is 11.3 Å². The summed E-state index contributed by atoms with van der Waals surface area (Å²) in [5, 5.41) is 12.5. The van der Waals surface area contributed by atoms with E-state index in [1.807, 2.05) is 40.3 Å². The van der Waals surface area contributed by atoms with Gasteiger partial charge < -0.3 is 23.9 Å². The third-order valence-corrected chi connectivity index (χ3v) is 8.11. The van der Waals surface area contributed by atoms with E-state index in [9.17, 15) is 14.7 Å². The second-order valence-electron chi connectivity index (χ2n) is 10.1. The summed E-state index contributed by atoms with van der Waals surface area (Å²) in [6, 6.07) is 13.3. The summed E-state index contributed by atoms with van der Waals surface area (Å²) < 4.78 is 18.7. The van der Waals surface area contributed by atoms with Crippen LogP contribution < -0.4 is 14.9 Å². The summed E-state index contributed by atoms with van der Waals surface area (Å²) in [6.07, 6.45) is 2.92. The maximum absolute atomic E-state index is 12.8. The van der Waals surface area contributed by atoms with Crippen molar-refractivity contribution in [3.63, 3.8) is 0 Å². The van der Waals surface area contributed by atoms with Crippen molar-refractivity contribution >= 4 is 17.3 Å². The summed E-state index contributed by atoms with van der Waals surface area (Å²) in [5.41, 5.74) is 4.47. The molecule has 0 aliphatic carbocycles. The Labute approximate surface area is 236 Å². The van der Waals surface area contributed by atoms with Crippen molar-refractivity contribution in [2.24, 2.45) is 5.92 Å². The zero-order valence-corrected chi connectivity index (χ0v) is 23.8. The predicted octanol–water partition coefficient (Wildman–Crippen LogP) is 6.18. The number of benzene rings is 2. The highest BCUT2D eigenvalue weighted by Gasteiger charge is 2.29. The van der Waals surface area contributed by atoms with Crippen LogP contribution in [0.15, 0.2) is 58.8 Å². The van der Waals surface area contributed by atoms with E-state index >= 15 is 0 Å². The lowest BCUT2D eigenvalue weighted by Crippen LogP contribution is -2.28. The number of carboxylic acid groups (broad SMARTS) is 1. The number of pyridine rings is 1. The lowest BCUT2D eigenvalue weighted by atomic mass is 9.86. The molecule has 0 spiro atoms. The average molecular weight is 561 g/mol. The van der Waals surface area contributed by atoms with Crippen molar-refractivity contribution in [1.82, 2.24) is 9.55 Å². The number of fused-ring (bicyclic) bond motifs is 3. The van der Waals surface area contributed by atoms with Crippen LogP contribution >= 0.6 is 11.3 Å². The fourth-order valence-electron chi connectivity index (χ4n) is 5.08. The van der Waals surface area contributed by atoms with Crippen LogP contribution in [0.2, 0.25) is 0 Å². The molecule has 4 aromatic rings. The van der Waals surface area contributed by atoms with Gasteiger partial charge in [0.15, 0.2) is 5.43 Å². The van der Waals surface area contributed by atoms with Crippen LogP contribution in [0.25, 0.3) is 33.1 Å². The van der Waals surface area contributed by atoms with Gasteiger partial charge in [0, 0.05) is 60.5 Å². The molecule has 40 heavy (non-hydrogen) atoms. The quantitative estimate of drug-likeness (QED) is 0.231. The fourth-order valence-corrected chi connectivity index (χ4v) is 5.91. The number of carbonyl (C=O) groups is 1. The summed E-state index contributed by atoms with van der Waals surface area (Å²) in [6.45, 7) is 5.28. The summed E-state index contributed by atoms with van der Waals surface area (Å²) in [7, 11) is 3.31. The number of hydrogen-bond acceptors (Lipinski definition) is 7. The minimum atomic E-state index is -1.22. The first-order valence-electron chi connectivity index (χ1n) is 13.2. The number of thiazole rings is 1. The third-order valence-electron chi connectivity index (χ3n) is 7.21. The minimum Gasteiger partial charge on any atom is -0.497 e. The minimum absolute atomic E-state index is 0.00524. The normalized spacial score (nSPS) is 14.1. The monoisotopic (exact) mass is 560 g/mol. The molecule has 1 aliphatic rings. The molecule has 2 aromatic heterocycles. The summed E-state index contributed by atoms with van der Waals surface area (Å²) in [5.74, 6) is 0.499. The molecule has 1 aliphatic heterocycles. The Morgan fingerprint density at radius 1 is 1.12 bits per heavy atom. The van der Waals surface area contributed by atoms with Crippen LogP contribution in [-0.2, 0) is 11.2 Å². The van der Waals surface area contributed by atoms with E-state index in [0.29, 0.717) is 25.3 Å². The molecular weight excluding hydrogens is 528 g/mol. The largest absolute Gasteiger partial charge is 0.497 e. The molecule has 5 rings (SSSR count). The van der Waals surface area contributed by atoms with E-state index in [4.69, 9.17) is 19.2 Å². The molecule has 0 radical (unpaired) electrons. The average Bonchev–Trinajstić information content (AvgIpc) is 3.44. The van der Waals surface area contributed by atoms with Gasteiger partial charge in [0.1, 0.15) is 22.1 Å². The van der Waals surface area contributed by atoms with Gasteiger partial charge in [-0.05, 0) is 54.3 Å². The van der Waals surface area contributed by atoms with Gasteiger partial charge in [-0.25, -0.2) is 9.78 Å². The Balaban J connectivity index is 1.63. The number of rotatable bonds is 10. The van der Waals surface area contributed by atoms with Crippen LogP contribution in [0.4, 0.5) is 0 Å². The van der Waals surface area contributed by atoms with Crippen molar-refractivity contribution in [1.29, 1.82) is 0 Å². The second-order valence-corrected chi connectivity index (χ2v) is 11.0. The van der Waals surface area contributed by atoms with E-state index < -0.39 is 11.4 Å². The van der Waals surface area contributed by atoms with Crippen LogP contribution in [0, 0.1) is 5.92 Å². The lowest BCUT2D eigenvalue weighted by molar-refractivity contribution is 0.0694. The van der Waals surface area contributed by atoms with Gasteiger partial charge in [0.2, 0.25) is 0 Å². The van der Waals surface area contributed by atoms with E-state index in [1.165, 1.54) is 23.6 Å². The molecule has 0 saturated heterocycles. The van der Waals surface area contributed by atoms with Gasteiger partial charge in [-0.3, -0.25) is 4.79 Å². The number of aromatic nitrogens is 2. The molecule has 0 bridgehead atoms. The van der Waals surface area contributed by atoms with Crippen LogP contribution in [0.3, 0.4) is 0 Å². The highest BCUT2D eigenvalue weighted by molar-refractivity contribution is 7.13. The number of ether oxygens (including phenoxy) is 3. The van der Waals surface area contributed by atoms with Crippen molar-refractivity contribution in [3.05, 3.63) is 75.4 Å². The Morgan fingerprint density at radius 3 is 2.58 bits per heavy atom. The molecule has 0 saturated carbocycles. The number of nitrogens with zero attached hydrogens (tertiary/aromatic N) is 2. The van der Waals surface area contributed by atoms with Crippen LogP contribution in [-0.4, -0.2) is 48.1 Å². The third kappa shape index (κ3) is 5.39. The maximum atomic E-state index is 12.8. The van der Waals surface area contributed by atoms with Crippen molar-refractivity contribution in [2.45, 2.75) is 32.7 Å². The van der Waals surface area contributed by atoms with E-state index in [2.05, 4.69) is 19.9 Å². The fraction of sp³-hybridized carbons (Fsp3) is 0.323. The van der Waals surface area contributed by atoms with Gasteiger partial charge in [-0.1, -0.05) is 13.8 Å². The zero-order valence-electron chi connectivity index (χ0n) is 23.0. The Bertz CT molecular complexity index is 1590. The molecule has 1 N–H and O–H groups in total. The molecule has 8 nitrogen and oxygen atoms in total. The summed E-state index contributed by atoms with van der Waals surface area (Å²) >= 11 is 1.54. The standard InChI is InChI=1S/C31H32N2O6S/c1-18(2)26-12-20-13-29(39-11-5-10-37-3)23(14-22(20)27-15-28(34)24(31(35)36)16-33(26)27)25-17-40-30(32-25)19-6-8-21(38-4)9-7-19/h6-9,13-18,26H,5,10-12H2,1-4H3,(H,35,36). The van der Waals surface area contributed by atoms with Gasteiger partial charge >= 0.3 is 5.97 Å². The second kappa shape index (κ2) is 11.7. The Hall–Kier alpha value is -3.95. The molecule has 0 amide bonds. The molecule has 1 atom stereocenters. The molecule has 3 heterocycles.